The molecule has 1 aliphatic rings. The number of hydrogen-bond acceptors (Lipinski definition) is 6. The monoisotopic (exact) mass is 393 g/mol. The van der Waals surface area contributed by atoms with Gasteiger partial charge in [0.15, 0.2) is 6.10 Å². The number of nitrogens with zero attached hydrogens (tertiary/aromatic N) is 3. The molecule has 0 N–H and O–H groups in total. The van der Waals surface area contributed by atoms with Gasteiger partial charge in [-0.3, -0.25) is 9.69 Å². The lowest BCUT2D eigenvalue weighted by Crippen LogP contribution is -2.44. The molecule has 1 aliphatic heterocycles. The van der Waals surface area contributed by atoms with Crippen LogP contribution in [-0.2, 0) is 11.3 Å². The molecular weight excluding hydrogens is 370 g/mol. The van der Waals surface area contributed by atoms with Gasteiger partial charge in [0.05, 0.1) is 12.3 Å². The van der Waals surface area contributed by atoms with Gasteiger partial charge in [-0.25, -0.2) is 0 Å². The molecule has 3 aromatic rings. The minimum absolute atomic E-state index is 0.143. The normalized spacial score (nSPS) is 15.9. The summed E-state index contributed by atoms with van der Waals surface area (Å²) in [4.78, 5) is 18.7. The molecule has 0 saturated heterocycles. The van der Waals surface area contributed by atoms with Crippen LogP contribution in [0.3, 0.4) is 0 Å². The van der Waals surface area contributed by atoms with Crippen LogP contribution < -0.4 is 14.4 Å². The van der Waals surface area contributed by atoms with Gasteiger partial charge in [-0.1, -0.05) is 31.1 Å². The molecule has 1 atom stereocenters. The number of aromatic nitrogens is 2. The first-order chi connectivity index (χ1) is 14.0. The lowest BCUT2D eigenvalue weighted by molar-refractivity contribution is -0.125. The molecule has 0 spiro atoms. The van der Waals surface area contributed by atoms with Crippen LogP contribution in [0.4, 0.5) is 5.69 Å². The Kier molecular flexibility index (Phi) is 5.20. The maximum atomic E-state index is 12.6. The zero-order valence-corrected chi connectivity index (χ0v) is 16.7. The Hall–Kier alpha value is -3.35. The van der Waals surface area contributed by atoms with Crippen LogP contribution >= 0.6 is 0 Å². The van der Waals surface area contributed by atoms with Gasteiger partial charge in [0.1, 0.15) is 18.0 Å². The van der Waals surface area contributed by atoms with E-state index < -0.39 is 6.10 Å². The average Bonchev–Trinajstić information content (AvgIpc) is 3.19. The number of ether oxygens (including phenoxy) is 2. The molecule has 0 saturated carbocycles. The van der Waals surface area contributed by atoms with Crippen LogP contribution in [0.2, 0.25) is 0 Å². The molecule has 0 radical (unpaired) electrons. The highest BCUT2D eigenvalue weighted by Gasteiger charge is 2.32. The molecule has 7 heteroatoms. The summed E-state index contributed by atoms with van der Waals surface area (Å²) in [5.41, 5.74) is 1.51. The van der Waals surface area contributed by atoms with E-state index in [9.17, 15) is 4.79 Å². The number of hydrogen-bond donors (Lipinski definition) is 0. The molecule has 0 aliphatic carbocycles. The molecule has 2 aromatic carbocycles. The fourth-order valence-corrected chi connectivity index (χ4v) is 3.06. The number of anilines is 1. The van der Waals surface area contributed by atoms with E-state index in [4.69, 9.17) is 14.0 Å². The predicted molar refractivity (Wildman–Crippen MR) is 108 cm³/mol. The first-order valence-corrected chi connectivity index (χ1v) is 9.64. The summed E-state index contributed by atoms with van der Waals surface area (Å²) < 4.78 is 16.8. The Morgan fingerprint density at radius 3 is 2.66 bits per heavy atom. The maximum Gasteiger partial charge on any atom is 0.268 e. The second-order valence-electron chi connectivity index (χ2n) is 7.39. The predicted octanol–water partition coefficient (Wildman–Crippen LogP) is 4.09. The number of amides is 1. The topological polar surface area (TPSA) is 77.7 Å². The van der Waals surface area contributed by atoms with Crippen molar-refractivity contribution in [1.82, 2.24) is 10.1 Å². The summed E-state index contributed by atoms with van der Waals surface area (Å²) >= 11 is 0. The lowest BCUT2D eigenvalue weighted by Gasteiger charge is -2.31. The van der Waals surface area contributed by atoms with Crippen molar-refractivity contribution in [2.75, 3.05) is 11.5 Å². The van der Waals surface area contributed by atoms with E-state index in [1.165, 1.54) is 0 Å². The maximum absolute atomic E-state index is 12.6. The largest absolute Gasteiger partial charge is 0.493 e. The van der Waals surface area contributed by atoms with Gasteiger partial charge in [-0.2, -0.15) is 4.98 Å². The molecule has 150 valence electrons. The molecule has 1 aromatic heterocycles. The van der Waals surface area contributed by atoms with E-state index in [1.54, 1.807) is 11.8 Å². The highest BCUT2D eigenvalue weighted by molar-refractivity contribution is 5.99. The lowest BCUT2D eigenvalue weighted by atomic mass is 10.2. The summed E-state index contributed by atoms with van der Waals surface area (Å²) in [6.07, 6.45) is -0.564. The van der Waals surface area contributed by atoms with Crippen LogP contribution in [0.25, 0.3) is 11.4 Å². The molecule has 7 nitrogen and oxygen atoms in total. The third-order valence-electron chi connectivity index (χ3n) is 4.53. The van der Waals surface area contributed by atoms with Crippen LogP contribution in [-0.4, -0.2) is 28.8 Å². The number of rotatable bonds is 6. The van der Waals surface area contributed by atoms with Gasteiger partial charge in [0.25, 0.3) is 5.91 Å². The first kappa shape index (κ1) is 19.0. The number of para-hydroxylation sites is 2. The highest BCUT2D eigenvalue weighted by Crippen LogP contribution is 2.34. The van der Waals surface area contributed by atoms with Crippen molar-refractivity contribution in [3.05, 3.63) is 54.4 Å². The Labute approximate surface area is 169 Å². The Bertz CT molecular complexity index is 997. The van der Waals surface area contributed by atoms with Gasteiger partial charge in [-0.15, -0.1) is 0 Å². The summed E-state index contributed by atoms with van der Waals surface area (Å²) in [5, 5.41) is 4.06. The van der Waals surface area contributed by atoms with Crippen molar-refractivity contribution in [1.29, 1.82) is 0 Å². The van der Waals surface area contributed by atoms with Crippen molar-refractivity contribution in [3.63, 3.8) is 0 Å². The molecular formula is C22H23N3O4. The van der Waals surface area contributed by atoms with Crippen molar-refractivity contribution in [2.24, 2.45) is 5.92 Å². The minimum Gasteiger partial charge on any atom is -0.493 e. The van der Waals surface area contributed by atoms with Crippen molar-refractivity contribution in [3.8, 4) is 22.9 Å². The number of carbonyl (C=O) groups is 1. The number of benzene rings is 2. The number of carbonyl (C=O) groups excluding carboxylic acids is 1. The SMILES string of the molecule is CC(C)COc1ccc(-c2noc(CN3C(=O)[C@H](C)Oc4ccccc43)n2)cc1. The third-order valence-corrected chi connectivity index (χ3v) is 4.53. The van der Waals surface area contributed by atoms with E-state index >= 15 is 0 Å². The zero-order chi connectivity index (χ0) is 20.4. The standard InChI is InChI=1S/C22H23N3O4/c1-14(2)13-27-17-10-8-16(9-11-17)21-23-20(29-24-21)12-25-18-6-4-5-7-19(18)28-15(3)22(25)26/h4-11,14-15H,12-13H2,1-3H3/t15-/m0/s1. The van der Waals surface area contributed by atoms with Gasteiger partial charge in [-0.05, 0) is 49.2 Å². The van der Waals surface area contributed by atoms with E-state index in [0.717, 1.165) is 11.3 Å². The summed E-state index contributed by atoms with van der Waals surface area (Å²) in [7, 11) is 0. The number of fused-ring (bicyclic) bond motifs is 1. The Morgan fingerprint density at radius 1 is 1.14 bits per heavy atom. The Morgan fingerprint density at radius 2 is 1.90 bits per heavy atom. The molecule has 29 heavy (non-hydrogen) atoms. The highest BCUT2D eigenvalue weighted by atomic mass is 16.5. The van der Waals surface area contributed by atoms with E-state index in [-0.39, 0.29) is 12.5 Å². The molecule has 2 heterocycles. The van der Waals surface area contributed by atoms with Crippen molar-refractivity contribution < 1.29 is 18.8 Å². The molecule has 4 rings (SSSR count). The van der Waals surface area contributed by atoms with Crippen molar-refractivity contribution in [2.45, 2.75) is 33.4 Å². The van der Waals surface area contributed by atoms with Crippen LogP contribution in [0.1, 0.15) is 26.7 Å². The van der Waals surface area contributed by atoms with E-state index in [2.05, 4.69) is 24.0 Å². The second kappa shape index (κ2) is 7.95. The fraction of sp³-hybridized carbons (Fsp3) is 0.318. The van der Waals surface area contributed by atoms with E-state index in [1.807, 2.05) is 48.5 Å². The second-order valence-corrected chi connectivity index (χ2v) is 7.39. The van der Waals surface area contributed by atoms with Crippen LogP contribution in [0.5, 0.6) is 11.5 Å². The molecule has 0 unspecified atom stereocenters. The quantitative estimate of drug-likeness (QED) is 0.628. The van der Waals surface area contributed by atoms with Gasteiger partial charge >= 0.3 is 0 Å². The van der Waals surface area contributed by atoms with Crippen molar-refractivity contribution >= 4 is 11.6 Å². The van der Waals surface area contributed by atoms with Crippen LogP contribution in [0.15, 0.2) is 53.1 Å². The smallest absolute Gasteiger partial charge is 0.268 e. The van der Waals surface area contributed by atoms with Gasteiger partial charge < -0.3 is 14.0 Å². The van der Waals surface area contributed by atoms with Gasteiger partial charge in [0.2, 0.25) is 11.7 Å². The zero-order valence-electron chi connectivity index (χ0n) is 16.7. The van der Waals surface area contributed by atoms with Gasteiger partial charge in [0, 0.05) is 5.56 Å². The third kappa shape index (κ3) is 4.08. The first-order valence-electron chi connectivity index (χ1n) is 9.64. The molecule has 0 bridgehead atoms. The van der Waals surface area contributed by atoms with E-state index in [0.29, 0.717) is 35.7 Å². The summed E-state index contributed by atoms with van der Waals surface area (Å²) in [6.45, 7) is 6.79. The minimum atomic E-state index is -0.564. The average molecular weight is 393 g/mol. The summed E-state index contributed by atoms with van der Waals surface area (Å²) in [5.74, 6) is 2.61. The van der Waals surface area contributed by atoms with Crippen LogP contribution in [0, 0.1) is 5.92 Å². The molecule has 0 fully saturated rings. The summed E-state index contributed by atoms with van der Waals surface area (Å²) in [6, 6.07) is 15.0. The molecule has 1 amide bonds. The fourth-order valence-electron chi connectivity index (χ4n) is 3.06. The Balaban J connectivity index is 1.50.